The van der Waals surface area contributed by atoms with E-state index in [9.17, 15) is 0 Å². The van der Waals surface area contributed by atoms with Crippen molar-refractivity contribution in [2.45, 2.75) is 64.0 Å². The molecule has 0 radical (unpaired) electrons. The molecule has 0 amide bonds. The Morgan fingerprint density at radius 1 is 1.22 bits per heavy atom. The Hall–Kier alpha value is -0.120. The van der Waals surface area contributed by atoms with Crippen LogP contribution in [-0.2, 0) is 0 Å². The number of aliphatic hydroxyl groups is 1. The number of rotatable bonds is 6. The number of hydrogen-bond acceptors (Lipinski definition) is 3. The summed E-state index contributed by atoms with van der Waals surface area (Å²) in [6, 6.07) is 1.47. The molecular formula is C15H30N2O. The van der Waals surface area contributed by atoms with Gasteiger partial charge in [0.1, 0.15) is 0 Å². The number of hydrogen-bond donors (Lipinski definition) is 3. The summed E-state index contributed by atoms with van der Waals surface area (Å²) in [5, 5.41) is 16.4. The van der Waals surface area contributed by atoms with Gasteiger partial charge in [0, 0.05) is 18.7 Å². The standard InChI is InChI=1S/C15H30N2O/c1-12(8-10-18)11-17-15-7-4-5-13(15)14-6-2-3-9-16-14/h12-18H,2-11H2,1H3. The van der Waals surface area contributed by atoms with Gasteiger partial charge in [-0.25, -0.2) is 0 Å². The fraction of sp³-hybridized carbons (Fsp3) is 1.00. The Kier molecular flexibility index (Phi) is 5.93. The SMILES string of the molecule is CC(CCO)CNC1CCCC1C1CCCCN1. The summed E-state index contributed by atoms with van der Waals surface area (Å²) < 4.78 is 0. The molecule has 1 saturated carbocycles. The second kappa shape index (κ2) is 7.46. The van der Waals surface area contributed by atoms with Gasteiger partial charge in [0.15, 0.2) is 0 Å². The van der Waals surface area contributed by atoms with Crippen LogP contribution in [0.15, 0.2) is 0 Å². The van der Waals surface area contributed by atoms with E-state index >= 15 is 0 Å². The zero-order chi connectivity index (χ0) is 12.8. The minimum Gasteiger partial charge on any atom is -0.396 e. The third kappa shape index (κ3) is 3.94. The van der Waals surface area contributed by atoms with Crippen molar-refractivity contribution in [2.24, 2.45) is 11.8 Å². The third-order valence-electron chi connectivity index (χ3n) is 4.79. The molecule has 0 spiro atoms. The Labute approximate surface area is 112 Å². The summed E-state index contributed by atoms with van der Waals surface area (Å²) in [7, 11) is 0. The molecule has 18 heavy (non-hydrogen) atoms. The summed E-state index contributed by atoms with van der Waals surface area (Å²) in [4.78, 5) is 0. The van der Waals surface area contributed by atoms with Gasteiger partial charge >= 0.3 is 0 Å². The summed E-state index contributed by atoms with van der Waals surface area (Å²) in [6.45, 7) is 4.83. The maximum absolute atomic E-state index is 8.95. The molecule has 2 rings (SSSR count). The van der Waals surface area contributed by atoms with Crippen LogP contribution in [0.2, 0.25) is 0 Å². The van der Waals surface area contributed by atoms with Crippen LogP contribution in [0.25, 0.3) is 0 Å². The molecule has 0 aromatic heterocycles. The summed E-state index contributed by atoms with van der Waals surface area (Å²) in [6.07, 6.45) is 9.17. The Morgan fingerprint density at radius 3 is 2.83 bits per heavy atom. The van der Waals surface area contributed by atoms with Crippen LogP contribution in [0.3, 0.4) is 0 Å². The van der Waals surface area contributed by atoms with E-state index in [4.69, 9.17) is 5.11 Å². The minimum absolute atomic E-state index is 0.321. The molecule has 0 aromatic carbocycles. The van der Waals surface area contributed by atoms with Crippen molar-refractivity contribution in [3.05, 3.63) is 0 Å². The van der Waals surface area contributed by atoms with Crippen molar-refractivity contribution in [3.8, 4) is 0 Å². The average Bonchev–Trinajstić information content (AvgIpc) is 2.86. The zero-order valence-corrected chi connectivity index (χ0v) is 11.8. The van der Waals surface area contributed by atoms with Gasteiger partial charge in [0.05, 0.1) is 0 Å². The topological polar surface area (TPSA) is 44.3 Å². The van der Waals surface area contributed by atoms with Gasteiger partial charge in [-0.2, -0.15) is 0 Å². The molecule has 1 aliphatic heterocycles. The Balaban J connectivity index is 1.76. The lowest BCUT2D eigenvalue weighted by Gasteiger charge is -2.33. The first-order valence-electron chi connectivity index (χ1n) is 7.89. The third-order valence-corrected chi connectivity index (χ3v) is 4.79. The van der Waals surface area contributed by atoms with Gasteiger partial charge in [0.2, 0.25) is 0 Å². The predicted octanol–water partition coefficient (Wildman–Crippen LogP) is 1.91. The van der Waals surface area contributed by atoms with Crippen LogP contribution in [0.1, 0.15) is 51.9 Å². The Bertz CT molecular complexity index is 229. The number of piperidine rings is 1. The van der Waals surface area contributed by atoms with E-state index < -0.39 is 0 Å². The molecule has 1 heterocycles. The molecule has 0 bridgehead atoms. The minimum atomic E-state index is 0.321. The quantitative estimate of drug-likeness (QED) is 0.678. The van der Waals surface area contributed by atoms with E-state index in [-0.39, 0.29) is 0 Å². The van der Waals surface area contributed by atoms with Crippen molar-refractivity contribution in [2.75, 3.05) is 19.7 Å². The first kappa shape index (κ1) is 14.3. The first-order chi connectivity index (χ1) is 8.81. The molecule has 0 aromatic rings. The zero-order valence-electron chi connectivity index (χ0n) is 11.8. The van der Waals surface area contributed by atoms with Crippen LogP contribution in [0.4, 0.5) is 0 Å². The second-order valence-electron chi connectivity index (χ2n) is 6.28. The molecule has 1 saturated heterocycles. The highest BCUT2D eigenvalue weighted by molar-refractivity contribution is 4.92. The Morgan fingerprint density at radius 2 is 2.11 bits per heavy atom. The molecule has 2 fully saturated rings. The molecule has 2 aliphatic rings. The number of aliphatic hydroxyl groups excluding tert-OH is 1. The fourth-order valence-electron chi connectivity index (χ4n) is 3.64. The van der Waals surface area contributed by atoms with Gasteiger partial charge in [-0.15, -0.1) is 0 Å². The van der Waals surface area contributed by atoms with Gasteiger partial charge < -0.3 is 15.7 Å². The molecule has 4 atom stereocenters. The fourth-order valence-corrected chi connectivity index (χ4v) is 3.64. The molecule has 106 valence electrons. The monoisotopic (exact) mass is 254 g/mol. The predicted molar refractivity (Wildman–Crippen MR) is 75.6 cm³/mol. The van der Waals surface area contributed by atoms with E-state index in [2.05, 4.69) is 17.6 Å². The normalized spacial score (nSPS) is 34.7. The summed E-state index contributed by atoms with van der Waals surface area (Å²) >= 11 is 0. The molecule has 4 unspecified atom stereocenters. The molecule has 3 N–H and O–H groups in total. The van der Waals surface area contributed by atoms with Crippen molar-refractivity contribution in [1.82, 2.24) is 10.6 Å². The van der Waals surface area contributed by atoms with Crippen molar-refractivity contribution in [3.63, 3.8) is 0 Å². The second-order valence-corrected chi connectivity index (χ2v) is 6.28. The van der Waals surface area contributed by atoms with Crippen LogP contribution >= 0.6 is 0 Å². The largest absolute Gasteiger partial charge is 0.396 e. The maximum Gasteiger partial charge on any atom is 0.0434 e. The highest BCUT2D eigenvalue weighted by Gasteiger charge is 2.33. The van der Waals surface area contributed by atoms with Crippen LogP contribution in [-0.4, -0.2) is 36.9 Å². The van der Waals surface area contributed by atoms with Gasteiger partial charge in [0.25, 0.3) is 0 Å². The maximum atomic E-state index is 8.95. The van der Waals surface area contributed by atoms with E-state index in [1.54, 1.807) is 0 Å². The average molecular weight is 254 g/mol. The van der Waals surface area contributed by atoms with Crippen LogP contribution < -0.4 is 10.6 Å². The number of nitrogens with one attached hydrogen (secondary N) is 2. The van der Waals surface area contributed by atoms with E-state index in [1.165, 1.54) is 45.1 Å². The summed E-state index contributed by atoms with van der Waals surface area (Å²) in [5.74, 6) is 1.43. The lowest BCUT2D eigenvalue weighted by Crippen LogP contribution is -2.47. The van der Waals surface area contributed by atoms with E-state index in [0.29, 0.717) is 18.6 Å². The van der Waals surface area contributed by atoms with Crippen molar-refractivity contribution >= 4 is 0 Å². The first-order valence-corrected chi connectivity index (χ1v) is 7.89. The molecule has 1 aliphatic carbocycles. The van der Waals surface area contributed by atoms with Gasteiger partial charge in [-0.3, -0.25) is 0 Å². The molecule has 3 nitrogen and oxygen atoms in total. The molecule has 3 heteroatoms. The van der Waals surface area contributed by atoms with Gasteiger partial charge in [-0.05, 0) is 57.0 Å². The van der Waals surface area contributed by atoms with Crippen LogP contribution in [0.5, 0.6) is 0 Å². The molecular weight excluding hydrogens is 224 g/mol. The summed E-state index contributed by atoms with van der Waals surface area (Å²) in [5.41, 5.74) is 0. The smallest absolute Gasteiger partial charge is 0.0434 e. The van der Waals surface area contributed by atoms with E-state index in [0.717, 1.165) is 24.9 Å². The van der Waals surface area contributed by atoms with Gasteiger partial charge in [-0.1, -0.05) is 19.8 Å². The highest BCUT2D eigenvalue weighted by Crippen LogP contribution is 2.31. The highest BCUT2D eigenvalue weighted by atomic mass is 16.3. The van der Waals surface area contributed by atoms with Crippen LogP contribution in [0, 0.1) is 11.8 Å². The van der Waals surface area contributed by atoms with Crippen molar-refractivity contribution in [1.29, 1.82) is 0 Å². The van der Waals surface area contributed by atoms with E-state index in [1.807, 2.05) is 0 Å². The lowest BCUT2D eigenvalue weighted by atomic mass is 9.88. The van der Waals surface area contributed by atoms with Crippen molar-refractivity contribution < 1.29 is 5.11 Å². The lowest BCUT2D eigenvalue weighted by molar-refractivity contribution is 0.236.